The summed E-state index contributed by atoms with van der Waals surface area (Å²) in [5.74, 6) is 1.03. The van der Waals surface area contributed by atoms with Crippen molar-refractivity contribution in [1.82, 2.24) is 14.9 Å². The van der Waals surface area contributed by atoms with E-state index in [2.05, 4.69) is 37.7 Å². The van der Waals surface area contributed by atoms with E-state index >= 15 is 0 Å². The van der Waals surface area contributed by atoms with Crippen LogP contribution >= 0.6 is 0 Å². The van der Waals surface area contributed by atoms with Gasteiger partial charge < -0.3 is 9.88 Å². The molecule has 1 N–H and O–H groups in total. The fraction of sp³-hybridized carbons (Fsp3) is 0.500. The Hall–Kier alpha value is -1.84. The summed E-state index contributed by atoms with van der Waals surface area (Å²) in [5.41, 5.74) is 2.52. The van der Waals surface area contributed by atoms with Crippen molar-refractivity contribution in [2.75, 3.05) is 13.1 Å². The first-order valence-electron chi connectivity index (χ1n) is 7.19. The third kappa shape index (κ3) is 3.38. The normalized spacial score (nSPS) is 11.5. The van der Waals surface area contributed by atoms with Crippen LogP contribution in [0.3, 0.4) is 0 Å². The zero-order valence-corrected chi connectivity index (χ0v) is 12.7. The molecule has 20 heavy (non-hydrogen) atoms. The van der Waals surface area contributed by atoms with Crippen molar-refractivity contribution in [2.24, 2.45) is 11.8 Å². The Morgan fingerprint density at radius 2 is 1.85 bits per heavy atom. The molecule has 0 saturated carbocycles. The Morgan fingerprint density at radius 1 is 1.20 bits per heavy atom. The van der Waals surface area contributed by atoms with E-state index in [1.54, 1.807) is 6.33 Å². The van der Waals surface area contributed by atoms with E-state index < -0.39 is 0 Å². The molecule has 1 aromatic heterocycles. The number of rotatable bonds is 5. The SMILES string of the molecule is CC(C)CN(CC(C)C)C(=O)c1ccc2nc[nH]c2c1. The van der Waals surface area contributed by atoms with Crippen LogP contribution in [0.4, 0.5) is 0 Å². The Morgan fingerprint density at radius 3 is 2.45 bits per heavy atom. The van der Waals surface area contributed by atoms with Gasteiger partial charge in [-0.1, -0.05) is 27.7 Å². The highest BCUT2D eigenvalue weighted by atomic mass is 16.2. The Balaban J connectivity index is 2.24. The molecule has 0 saturated heterocycles. The van der Waals surface area contributed by atoms with E-state index in [0.29, 0.717) is 11.8 Å². The Labute approximate surface area is 120 Å². The van der Waals surface area contributed by atoms with Crippen LogP contribution in [0.25, 0.3) is 11.0 Å². The van der Waals surface area contributed by atoms with Gasteiger partial charge in [0.15, 0.2) is 0 Å². The van der Waals surface area contributed by atoms with E-state index in [4.69, 9.17) is 0 Å². The smallest absolute Gasteiger partial charge is 0.253 e. The molecular weight excluding hydrogens is 250 g/mol. The van der Waals surface area contributed by atoms with E-state index in [9.17, 15) is 4.79 Å². The van der Waals surface area contributed by atoms with Crippen molar-refractivity contribution in [3.05, 3.63) is 30.1 Å². The summed E-state index contributed by atoms with van der Waals surface area (Å²) in [4.78, 5) is 21.9. The monoisotopic (exact) mass is 273 g/mol. The third-order valence-corrected chi connectivity index (χ3v) is 3.13. The summed E-state index contributed by atoms with van der Waals surface area (Å²) in [5, 5.41) is 0. The average Bonchev–Trinajstić information content (AvgIpc) is 2.83. The van der Waals surface area contributed by atoms with Crippen LogP contribution in [0, 0.1) is 11.8 Å². The van der Waals surface area contributed by atoms with Gasteiger partial charge in [0.25, 0.3) is 5.91 Å². The molecule has 0 unspecified atom stereocenters. The van der Waals surface area contributed by atoms with E-state index in [1.165, 1.54) is 0 Å². The summed E-state index contributed by atoms with van der Waals surface area (Å²) < 4.78 is 0. The van der Waals surface area contributed by atoms with Gasteiger partial charge in [0.05, 0.1) is 17.4 Å². The lowest BCUT2D eigenvalue weighted by molar-refractivity contribution is 0.0715. The maximum atomic E-state index is 12.7. The van der Waals surface area contributed by atoms with Crippen LogP contribution in [0.5, 0.6) is 0 Å². The number of benzene rings is 1. The molecule has 2 rings (SSSR count). The molecule has 1 aromatic carbocycles. The summed E-state index contributed by atoms with van der Waals surface area (Å²) in [7, 11) is 0. The molecule has 1 heterocycles. The number of carbonyl (C=O) groups is 1. The molecule has 0 atom stereocenters. The molecule has 0 aliphatic carbocycles. The number of nitrogens with zero attached hydrogens (tertiary/aromatic N) is 2. The molecule has 4 nitrogen and oxygen atoms in total. The number of imidazole rings is 1. The van der Waals surface area contributed by atoms with E-state index in [-0.39, 0.29) is 5.91 Å². The van der Waals surface area contributed by atoms with Crippen LogP contribution < -0.4 is 0 Å². The molecule has 4 heteroatoms. The fourth-order valence-corrected chi connectivity index (χ4v) is 2.37. The minimum absolute atomic E-state index is 0.101. The van der Waals surface area contributed by atoms with Gasteiger partial charge in [-0.25, -0.2) is 4.98 Å². The summed E-state index contributed by atoms with van der Waals surface area (Å²) in [6, 6.07) is 5.64. The van der Waals surface area contributed by atoms with Gasteiger partial charge in [-0.05, 0) is 30.0 Å². The Bertz CT molecular complexity index is 576. The topological polar surface area (TPSA) is 49.0 Å². The molecule has 0 bridgehead atoms. The van der Waals surface area contributed by atoms with Crippen molar-refractivity contribution >= 4 is 16.9 Å². The van der Waals surface area contributed by atoms with Crippen molar-refractivity contribution in [2.45, 2.75) is 27.7 Å². The second-order valence-corrected chi connectivity index (χ2v) is 6.13. The first-order valence-corrected chi connectivity index (χ1v) is 7.19. The van der Waals surface area contributed by atoms with E-state index in [1.807, 2.05) is 23.1 Å². The van der Waals surface area contributed by atoms with Crippen LogP contribution in [-0.4, -0.2) is 33.9 Å². The zero-order valence-electron chi connectivity index (χ0n) is 12.7. The molecular formula is C16H23N3O. The maximum Gasteiger partial charge on any atom is 0.253 e. The summed E-state index contributed by atoms with van der Waals surface area (Å²) in [6.45, 7) is 10.1. The number of hydrogen-bond donors (Lipinski definition) is 1. The maximum absolute atomic E-state index is 12.7. The number of H-pyrrole nitrogens is 1. The number of aromatic nitrogens is 2. The first kappa shape index (κ1) is 14.6. The number of fused-ring (bicyclic) bond motifs is 1. The molecule has 0 spiro atoms. The van der Waals surface area contributed by atoms with Gasteiger partial charge in [-0.15, -0.1) is 0 Å². The highest BCUT2D eigenvalue weighted by Crippen LogP contribution is 2.15. The number of hydrogen-bond acceptors (Lipinski definition) is 2. The van der Waals surface area contributed by atoms with Crippen molar-refractivity contribution in [3.63, 3.8) is 0 Å². The molecule has 2 aromatic rings. The number of aromatic amines is 1. The van der Waals surface area contributed by atoms with Gasteiger partial charge >= 0.3 is 0 Å². The van der Waals surface area contributed by atoms with Crippen LogP contribution in [-0.2, 0) is 0 Å². The van der Waals surface area contributed by atoms with Crippen LogP contribution in [0.1, 0.15) is 38.1 Å². The summed E-state index contributed by atoms with van der Waals surface area (Å²) in [6.07, 6.45) is 1.65. The highest BCUT2D eigenvalue weighted by Gasteiger charge is 2.18. The van der Waals surface area contributed by atoms with Crippen LogP contribution in [0.15, 0.2) is 24.5 Å². The minimum Gasteiger partial charge on any atom is -0.345 e. The van der Waals surface area contributed by atoms with Gasteiger partial charge in [-0.2, -0.15) is 0 Å². The van der Waals surface area contributed by atoms with Crippen molar-refractivity contribution in [3.8, 4) is 0 Å². The number of amides is 1. The van der Waals surface area contributed by atoms with Crippen molar-refractivity contribution in [1.29, 1.82) is 0 Å². The second kappa shape index (κ2) is 6.07. The predicted molar refractivity (Wildman–Crippen MR) is 81.7 cm³/mol. The molecule has 0 aliphatic heterocycles. The first-order chi connectivity index (χ1) is 9.47. The lowest BCUT2D eigenvalue weighted by atomic mass is 10.1. The fourth-order valence-electron chi connectivity index (χ4n) is 2.37. The lowest BCUT2D eigenvalue weighted by Crippen LogP contribution is -2.37. The van der Waals surface area contributed by atoms with Gasteiger partial charge in [0.2, 0.25) is 0 Å². The zero-order chi connectivity index (χ0) is 14.7. The number of nitrogens with one attached hydrogen (secondary N) is 1. The largest absolute Gasteiger partial charge is 0.345 e. The highest BCUT2D eigenvalue weighted by molar-refractivity contribution is 5.97. The van der Waals surface area contributed by atoms with Gasteiger partial charge in [0.1, 0.15) is 0 Å². The second-order valence-electron chi connectivity index (χ2n) is 6.13. The predicted octanol–water partition coefficient (Wildman–Crippen LogP) is 3.32. The van der Waals surface area contributed by atoms with Gasteiger partial charge in [0, 0.05) is 18.7 Å². The molecule has 108 valence electrons. The van der Waals surface area contributed by atoms with Crippen molar-refractivity contribution < 1.29 is 4.79 Å². The van der Waals surface area contributed by atoms with E-state index in [0.717, 1.165) is 29.7 Å². The Kier molecular flexibility index (Phi) is 4.42. The quantitative estimate of drug-likeness (QED) is 0.908. The molecule has 0 fully saturated rings. The average molecular weight is 273 g/mol. The molecule has 0 radical (unpaired) electrons. The molecule has 1 amide bonds. The third-order valence-electron chi connectivity index (χ3n) is 3.13. The standard InChI is InChI=1S/C16H23N3O/c1-11(2)8-19(9-12(3)4)16(20)13-5-6-14-15(7-13)18-10-17-14/h5-7,10-12H,8-9H2,1-4H3,(H,17,18). The lowest BCUT2D eigenvalue weighted by Gasteiger charge is -2.26. The van der Waals surface area contributed by atoms with Gasteiger partial charge in [-0.3, -0.25) is 4.79 Å². The van der Waals surface area contributed by atoms with Crippen LogP contribution in [0.2, 0.25) is 0 Å². The summed E-state index contributed by atoms with van der Waals surface area (Å²) >= 11 is 0. The molecule has 0 aliphatic rings. The minimum atomic E-state index is 0.101. The number of carbonyl (C=O) groups excluding carboxylic acids is 1.